The van der Waals surface area contributed by atoms with Gasteiger partial charge in [0.2, 0.25) is 0 Å². The Balaban J connectivity index is 2.69. The first kappa shape index (κ1) is 12.6. The van der Waals surface area contributed by atoms with Crippen LogP contribution in [-0.4, -0.2) is 19.9 Å². The summed E-state index contributed by atoms with van der Waals surface area (Å²) in [4.78, 5) is 10.7. The van der Waals surface area contributed by atoms with E-state index in [0.29, 0.717) is 11.0 Å². The predicted octanol–water partition coefficient (Wildman–Crippen LogP) is 1.22. The molecule has 0 unspecified atom stereocenters. The van der Waals surface area contributed by atoms with Crippen LogP contribution in [0.25, 0.3) is 0 Å². The van der Waals surface area contributed by atoms with Crippen LogP contribution in [0.4, 0.5) is 13.2 Å². The van der Waals surface area contributed by atoms with Gasteiger partial charge in [0.1, 0.15) is 7.85 Å². The molecular formula is C10H9BF3NO. The summed E-state index contributed by atoms with van der Waals surface area (Å²) in [6, 6.07) is 5.54. The van der Waals surface area contributed by atoms with Gasteiger partial charge >= 0.3 is 12.1 Å². The van der Waals surface area contributed by atoms with Gasteiger partial charge in [-0.15, -0.1) is 0 Å². The van der Waals surface area contributed by atoms with Crippen molar-refractivity contribution in [1.29, 1.82) is 0 Å². The molecule has 16 heavy (non-hydrogen) atoms. The van der Waals surface area contributed by atoms with Crippen LogP contribution >= 0.6 is 0 Å². The molecular weight excluding hydrogens is 218 g/mol. The predicted molar refractivity (Wildman–Crippen MR) is 54.4 cm³/mol. The zero-order valence-corrected chi connectivity index (χ0v) is 8.51. The maximum absolute atomic E-state index is 12.0. The monoisotopic (exact) mass is 227 g/mol. The van der Waals surface area contributed by atoms with Crippen LogP contribution in [0.1, 0.15) is 18.5 Å². The third kappa shape index (κ3) is 3.29. The molecule has 1 rings (SSSR count). The lowest BCUT2D eigenvalue weighted by molar-refractivity contribution is -0.174. The molecule has 0 aliphatic carbocycles. The second-order valence-electron chi connectivity index (χ2n) is 3.36. The summed E-state index contributed by atoms with van der Waals surface area (Å²) in [6.45, 7) is 1.47. The van der Waals surface area contributed by atoms with Crippen LogP contribution in [0.2, 0.25) is 0 Å². The molecule has 0 aliphatic rings. The van der Waals surface area contributed by atoms with E-state index in [0.717, 1.165) is 0 Å². The lowest BCUT2D eigenvalue weighted by atomic mass is 9.94. The average molecular weight is 227 g/mol. The number of carbonyl (C=O) groups excluding carboxylic acids is 1. The van der Waals surface area contributed by atoms with E-state index in [-0.39, 0.29) is 0 Å². The molecule has 0 saturated carbocycles. The fourth-order valence-electron chi connectivity index (χ4n) is 1.15. The quantitative estimate of drug-likeness (QED) is 0.756. The number of benzene rings is 1. The number of rotatable bonds is 2. The van der Waals surface area contributed by atoms with Crippen molar-refractivity contribution < 1.29 is 18.0 Å². The van der Waals surface area contributed by atoms with E-state index < -0.39 is 18.1 Å². The van der Waals surface area contributed by atoms with E-state index in [9.17, 15) is 18.0 Å². The van der Waals surface area contributed by atoms with Crippen molar-refractivity contribution in [2.45, 2.75) is 19.1 Å². The Kier molecular flexibility index (Phi) is 3.62. The first-order valence-electron chi connectivity index (χ1n) is 4.54. The fourth-order valence-corrected chi connectivity index (χ4v) is 1.15. The van der Waals surface area contributed by atoms with Gasteiger partial charge in [-0.1, -0.05) is 29.7 Å². The average Bonchev–Trinajstić information content (AvgIpc) is 2.17. The summed E-state index contributed by atoms with van der Waals surface area (Å²) in [7, 11) is 5.43. The summed E-state index contributed by atoms with van der Waals surface area (Å²) >= 11 is 0. The zero-order chi connectivity index (χ0) is 12.3. The Bertz CT molecular complexity index is 375. The largest absolute Gasteiger partial charge is 0.471 e. The van der Waals surface area contributed by atoms with Gasteiger partial charge in [-0.05, 0) is 12.5 Å². The van der Waals surface area contributed by atoms with Gasteiger partial charge in [-0.25, -0.2) is 0 Å². The van der Waals surface area contributed by atoms with Gasteiger partial charge < -0.3 is 5.32 Å². The summed E-state index contributed by atoms with van der Waals surface area (Å²) in [5.74, 6) is -1.95. The number of amides is 1. The second-order valence-corrected chi connectivity index (χ2v) is 3.36. The number of nitrogens with one attached hydrogen (secondary N) is 1. The molecule has 0 heterocycles. The first-order chi connectivity index (χ1) is 7.30. The standard InChI is InChI=1S/C10H9BF3NO/c1-6(15-9(16)10(12,13)14)7-2-4-8(11)5-3-7/h2-6H,1H3,(H,15,16)/t6-/m1/s1. The molecule has 0 spiro atoms. The van der Waals surface area contributed by atoms with Crippen LogP contribution in [-0.2, 0) is 4.79 Å². The lowest BCUT2D eigenvalue weighted by Gasteiger charge is -2.15. The number of carbonyl (C=O) groups is 1. The Morgan fingerprint density at radius 2 is 1.81 bits per heavy atom. The molecule has 1 amide bonds. The Hall–Kier alpha value is -1.46. The fraction of sp³-hybridized carbons (Fsp3) is 0.300. The van der Waals surface area contributed by atoms with E-state index in [2.05, 4.69) is 0 Å². The van der Waals surface area contributed by atoms with Crippen LogP contribution in [0.5, 0.6) is 0 Å². The topological polar surface area (TPSA) is 29.1 Å². The van der Waals surface area contributed by atoms with Gasteiger partial charge in [-0.2, -0.15) is 13.2 Å². The molecule has 1 aromatic carbocycles. The molecule has 0 bridgehead atoms. The van der Waals surface area contributed by atoms with E-state index in [1.54, 1.807) is 24.3 Å². The van der Waals surface area contributed by atoms with Gasteiger partial charge in [0.15, 0.2) is 0 Å². The van der Waals surface area contributed by atoms with Gasteiger partial charge in [0.25, 0.3) is 0 Å². The van der Waals surface area contributed by atoms with Crippen molar-refractivity contribution in [3.8, 4) is 0 Å². The van der Waals surface area contributed by atoms with Crippen molar-refractivity contribution in [3.63, 3.8) is 0 Å². The van der Waals surface area contributed by atoms with E-state index in [1.165, 1.54) is 6.92 Å². The van der Waals surface area contributed by atoms with Crippen molar-refractivity contribution in [2.24, 2.45) is 0 Å². The molecule has 2 nitrogen and oxygen atoms in total. The summed E-state index contributed by atoms with van der Waals surface area (Å²) in [5, 5.41) is 1.85. The molecule has 6 heteroatoms. The van der Waals surface area contributed by atoms with E-state index >= 15 is 0 Å². The zero-order valence-electron chi connectivity index (χ0n) is 8.51. The minimum absolute atomic E-state index is 0.512. The third-order valence-corrected chi connectivity index (χ3v) is 2.04. The summed E-state index contributed by atoms with van der Waals surface area (Å²) in [5.41, 5.74) is 1.07. The number of hydrogen-bond donors (Lipinski definition) is 1. The SMILES string of the molecule is [B]c1ccc([C@@H](C)NC(=O)C(F)(F)F)cc1. The van der Waals surface area contributed by atoms with Crippen molar-refractivity contribution in [1.82, 2.24) is 5.32 Å². The smallest absolute Gasteiger partial charge is 0.342 e. The Morgan fingerprint density at radius 1 is 1.31 bits per heavy atom. The van der Waals surface area contributed by atoms with E-state index in [1.807, 2.05) is 5.32 Å². The van der Waals surface area contributed by atoms with Gasteiger partial charge in [0.05, 0.1) is 6.04 Å². The molecule has 0 saturated heterocycles. The summed E-state index contributed by atoms with van der Waals surface area (Å²) < 4.78 is 35.9. The normalized spacial score (nSPS) is 13.2. The molecule has 0 aliphatic heterocycles. The molecule has 1 aromatic rings. The minimum Gasteiger partial charge on any atom is -0.342 e. The van der Waals surface area contributed by atoms with Crippen molar-refractivity contribution in [3.05, 3.63) is 29.8 Å². The van der Waals surface area contributed by atoms with Gasteiger partial charge in [-0.3, -0.25) is 4.79 Å². The van der Waals surface area contributed by atoms with Crippen LogP contribution in [0.3, 0.4) is 0 Å². The number of alkyl halides is 3. The Labute approximate surface area is 92.3 Å². The number of halogens is 3. The maximum Gasteiger partial charge on any atom is 0.471 e. The van der Waals surface area contributed by atoms with Crippen LogP contribution in [0, 0.1) is 0 Å². The molecule has 1 atom stereocenters. The van der Waals surface area contributed by atoms with E-state index in [4.69, 9.17) is 7.85 Å². The lowest BCUT2D eigenvalue weighted by Crippen LogP contribution is -2.38. The van der Waals surface area contributed by atoms with Crippen LogP contribution < -0.4 is 10.8 Å². The molecule has 1 N–H and O–H groups in total. The first-order valence-corrected chi connectivity index (χ1v) is 4.54. The maximum atomic E-state index is 12.0. The van der Waals surface area contributed by atoms with Gasteiger partial charge in [0, 0.05) is 0 Å². The van der Waals surface area contributed by atoms with Crippen molar-refractivity contribution in [2.75, 3.05) is 0 Å². The number of hydrogen-bond acceptors (Lipinski definition) is 1. The Morgan fingerprint density at radius 3 is 2.25 bits per heavy atom. The third-order valence-electron chi connectivity index (χ3n) is 2.04. The summed E-state index contributed by atoms with van der Waals surface area (Å²) in [6.07, 6.45) is -4.86. The molecule has 2 radical (unpaired) electrons. The minimum atomic E-state index is -4.86. The molecule has 0 fully saturated rings. The molecule has 0 aromatic heterocycles. The highest BCUT2D eigenvalue weighted by atomic mass is 19.4. The van der Waals surface area contributed by atoms with Crippen LogP contribution in [0.15, 0.2) is 24.3 Å². The highest BCUT2D eigenvalue weighted by molar-refractivity contribution is 6.32. The molecule has 84 valence electrons. The highest BCUT2D eigenvalue weighted by Gasteiger charge is 2.39. The van der Waals surface area contributed by atoms with Crippen molar-refractivity contribution >= 4 is 19.2 Å². The second kappa shape index (κ2) is 4.59. The highest BCUT2D eigenvalue weighted by Crippen LogP contribution is 2.17.